The van der Waals surface area contributed by atoms with Crippen LogP contribution in [-0.2, 0) is 0 Å². The molecule has 1 aliphatic heterocycles. The molecule has 6 nitrogen and oxygen atoms in total. The minimum absolute atomic E-state index is 0. The van der Waals surface area contributed by atoms with Crippen molar-refractivity contribution in [3.63, 3.8) is 0 Å². The van der Waals surface area contributed by atoms with E-state index in [-0.39, 0.29) is 24.4 Å². The van der Waals surface area contributed by atoms with Crippen molar-refractivity contribution in [3.8, 4) is 0 Å². The molecule has 1 aliphatic rings. The van der Waals surface area contributed by atoms with Crippen molar-refractivity contribution in [2.45, 2.75) is 39.2 Å². The summed E-state index contributed by atoms with van der Waals surface area (Å²) in [4.78, 5) is 18.9. The van der Waals surface area contributed by atoms with Gasteiger partial charge in [0.05, 0.1) is 0 Å². The summed E-state index contributed by atoms with van der Waals surface area (Å²) in [6.07, 6.45) is 3.06. The number of aryl methyl sites for hydroxylation is 2. The second-order valence-electron chi connectivity index (χ2n) is 5.85. The van der Waals surface area contributed by atoms with Gasteiger partial charge in [0.1, 0.15) is 0 Å². The molecule has 2 aromatic heterocycles. The van der Waals surface area contributed by atoms with Crippen LogP contribution in [0.3, 0.4) is 0 Å². The molecule has 1 saturated heterocycles. The number of amides is 1. The molecule has 0 aromatic carbocycles. The highest BCUT2D eigenvalue weighted by molar-refractivity contribution is 5.93. The van der Waals surface area contributed by atoms with Crippen LogP contribution in [0.2, 0.25) is 0 Å². The summed E-state index contributed by atoms with van der Waals surface area (Å²) in [7, 11) is 0. The molecule has 0 radical (unpaired) electrons. The number of halogens is 1. The fourth-order valence-electron chi connectivity index (χ4n) is 2.91. The molecular formula is C15H22ClN5O. The molecule has 120 valence electrons. The van der Waals surface area contributed by atoms with Gasteiger partial charge in [0, 0.05) is 36.6 Å². The van der Waals surface area contributed by atoms with Crippen LogP contribution in [0.1, 0.15) is 41.1 Å². The standard InChI is InChI=1S/C15H21N5O.ClH/c1-10-7-11(2)20-14(17-10)8-13(18-20)15(21)19-6-4-3-5-12(16)9-19;/h7-8,12H,3-6,9,16H2,1-2H3;1H. The van der Waals surface area contributed by atoms with Gasteiger partial charge in [0.2, 0.25) is 0 Å². The summed E-state index contributed by atoms with van der Waals surface area (Å²) >= 11 is 0. The first kappa shape index (κ1) is 16.7. The van der Waals surface area contributed by atoms with Crippen LogP contribution in [0.4, 0.5) is 0 Å². The number of nitrogens with zero attached hydrogens (tertiary/aromatic N) is 4. The second-order valence-corrected chi connectivity index (χ2v) is 5.85. The predicted molar refractivity (Wildman–Crippen MR) is 87.4 cm³/mol. The summed E-state index contributed by atoms with van der Waals surface area (Å²) in [5.74, 6) is -0.0464. The molecule has 0 bridgehead atoms. The summed E-state index contributed by atoms with van der Waals surface area (Å²) in [5, 5.41) is 4.41. The van der Waals surface area contributed by atoms with Crippen LogP contribution in [0, 0.1) is 13.8 Å². The zero-order valence-electron chi connectivity index (χ0n) is 13.0. The maximum atomic E-state index is 12.6. The van der Waals surface area contributed by atoms with E-state index in [0.717, 1.165) is 42.8 Å². The zero-order chi connectivity index (χ0) is 15.0. The van der Waals surface area contributed by atoms with Crippen molar-refractivity contribution in [2.75, 3.05) is 13.1 Å². The van der Waals surface area contributed by atoms with E-state index in [1.807, 2.05) is 24.8 Å². The van der Waals surface area contributed by atoms with Crippen molar-refractivity contribution in [1.82, 2.24) is 19.5 Å². The number of hydrogen-bond acceptors (Lipinski definition) is 4. The Bertz CT molecular complexity index is 684. The number of nitrogens with two attached hydrogens (primary N) is 1. The number of aromatic nitrogens is 3. The maximum absolute atomic E-state index is 12.6. The van der Waals surface area contributed by atoms with E-state index in [4.69, 9.17) is 5.73 Å². The minimum atomic E-state index is -0.0464. The first-order valence-electron chi connectivity index (χ1n) is 7.43. The van der Waals surface area contributed by atoms with Crippen LogP contribution in [0.25, 0.3) is 5.65 Å². The Morgan fingerprint density at radius 2 is 2.09 bits per heavy atom. The maximum Gasteiger partial charge on any atom is 0.274 e. The van der Waals surface area contributed by atoms with Gasteiger partial charge in [-0.1, -0.05) is 6.42 Å². The topological polar surface area (TPSA) is 76.5 Å². The average Bonchev–Trinajstić information content (AvgIpc) is 2.73. The molecule has 1 fully saturated rings. The molecule has 1 atom stereocenters. The van der Waals surface area contributed by atoms with Crippen molar-refractivity contribution in [3.05, 3.63) is 29.2 Å². The van der Waals surface area contributed by atoms with E-state index in [9.17, 15) is 4.79 Å². The highest BCUT2D eigenvalue weighted by Gasteiger charge is 2.23. The van der Waals surface area contributed by atoms with E-state index in [0.29, 0.717) is 12.2 Å². The molecule has 22 heavy (non-hydrogen) atoms. The first-order valence-corrected chi connectivity index (χ1v) is 7.43. The van der Waals surface area contributed by atoms with Gasteiger partial charge in [-0.05, 0) is 32.8 Å². The smallest absolute Gasteiger partial charge is 0.274 e. The molecule has 7 heteroatoms. The third kappa shape index (κ3) is 3.23. The van der Waals surface area contributed by atoms with Crippen LogP contribution >= 0.6 is 12.4 Å². The van der Waals surface area contributed by atoms with Crippen LogP contribution in [0.5, 0.6) is 0 Å². The van der Waals surface area contributed by atoms with E-state index >= 15 is 0 Å². The molecule has 2 aromatic rings. The Kier molecular flexibility index (Phi) is 5.03. The first-order chi connectivity index (χ1) is 10.0. The monoisotopic (exact) mass is 323 g/mol. The average molecular weight is 324 g/mol. The van der Waals surface area contributed by atoms with Crippen LogP contribution in [0.15, 0.2) is 12.1 Å². The van der Waals surface area contributed by atoms with E-state index in [1.165, 1.54) is 0 Å². The Balaban J connectivity index is 0.00000176. The Morgan fingerprint density at radius 3 is 2.86 bits per heavy atom. The van der Waals surface area contributed by atoms with Gasteiger partial charge in [-0.15, -0.1) is 12.4 Å². The number of carbonyl (C=O) groups excluding carboxylic acids is 1. The zero-order valence-corrected chi connectivity index (χ0v) is 13.8. The van der Waals surface area contributed by atoms with Crippen molar-refractivity contribution in [2.24, 2.45) is 5.73 Å². The number of fused-ring (bicyclic) bond motifs is 1. The lowest BCUT2D eigenvalue weighted by molar-refractivity contribution is 0.0749. The Morgan fingerprint density at radius 1 is 1.32 bits per heavy atom. The number of hydrogen-bond donors (Lipinski definition) is 1. The molecule has 3 heterocycles. The number of likely N-dealkylation sites (tertiary alicyclic amines) is 1. The fraction of sp³-hybridized carbons (Fsp3) is 0.533. The highest BCUT2D eigenvalue weighted by atomic mass is 35.5. The van der Waals surface area contributed by atoms with Gasteiger partial charge in [-0.3, -0.25) is 4.79 Å². The SMILES string of the molecule is Cc1cc(C)n2nc(C(=O)N3CCCCC(N)C3)cc2n1.Cl. The van der Waals surface area contributed by atoms with Gasteiger partial charge in [0.15, 0.2) is 11.3 Å². The lowest BCUT2D eigenvalue weighted by atomic mass is 10.2. The molecule has 0 aliphatic carbocycles. The molecular weight excluding hydrogens is 302 g/mol. The normalized spacial score (nSPS) is 18.9. The van der Waals surface area contributed by atoms with Gasteiger partial charge in [-0.2, -0.15) is 5.10 Å². The molecule has 2 N–H and O–H groups in total. The fourth-order valence-corrected chi connectivity index (χ4v) is 2.91. The molecule has 3 rings (SSSR count). The van der Waals surface area contributed by atoms with E-state index in [2.05, 4.69) is 10.1 Å². The third-order valence-electron chi connectivity index (χ3n) is 3.95. The van der Waals surface area contributed by atoms with Crippen LogP contribution in [-0.4, -0.2) is 44.5 Å². The highest BCUT2D eigenvalue weighted by Crippen LogP contribution is 2.14. The lowest BCUT2D eigenvalue weighted by Gasteiger charge is -2.21. The Labute approximate surface area is 136 Å². The van der Waals surface area contributed by atoms with E-state index < -0.39 is 0 Å². The molecule has 0 saturated carbocycles. The van der Waals surface area contributed by atoms with Gasteiger partial charge in [0.25, 0.3) is 5.91 Å². The summed E-state index contributed by atoms with van der Waals surface area (Å²) in [6, 6.07) is 3.78. The van der Waals surface area contributed by atoms with Crippen LogP contribution < -0.4 is 5.73 Å². The molecule has 1 unspecified atom stereocenters. The number of carbonyl (C=O) groups is 1. The largest absolute Gasteiger partial charge is 0.336 e. The van der Waals surface area contributed by atoms with Gasteiger partial charge in [-0.25, -0.2) is 9.50 Å². The van der Waals surface area contributed by atoms with E-state index in [1.54, 1.807) is 10.6 Å². The van der Waals surface area contributed by atoms with Gasteiger partial charge < -0.3 is 10.6 Å². The van der Waals surface area contributed by atoms with Crippen molar-refractivity contribution >= 4 is 24.0 Å². The second kappa shape index (κ2) is 6.62. The summed E-state index contributed by atoms with van der Waals surface area (Å²) in [5.41, 5.74) is 9.10. The minimum Gasteiger partial charge on any atom is -0.336 e. The summed E-state index contributed by atoms with van der Waals surface area (Å²) in [6.45, 7) is 5.27. The molecule has 0 spiro atoms. The number of rotatable bonds is 1. The Hall–Kier alpha value is -1.66. The van der Waals surface area contributed by atoms with Crippen molar-refractivity contribution in [1.29, 1.82) is 0 Å². The summed E-state index contributed by atoms with van der Waals surface area (Å²) < 4.78 is 1.72. The molecule has 1 amide bonds. The third-order valence-corrected chi connectivity index (χ3v) is 3.95. The predicted octanol–water partition coefficient (Wildman–Crippen LogP) is 1.72. The van der Waals surface area contributed by atoms with Gasteiger partial charge >= 0.3 is 0 Å². The van der Waals surface area contributed by atoms with Crippen molar-refractivity contribution < 1.29 is 4.79 Å². The quantitative estimate of drug-likeness (QED) is 0.867. The lowest BCUT2D eigenvalue weighted by Crippen LogP contribution is -2.39.